The molecule has 1 aromatic rings. The molecule has 0 saturated heterocycles. The molecule has 1 rings (SSSR count). The molecule has 0 aliphatic rings. The molecule has 5 heteroatoms. The summed E-state index contributed by atoms with van der Waals surface area (Å²) < 4.78 is 25.9. The first-order valence-electron chi connectivity index (χ1n) is 5.30. The van der Waals surface area contributed by atoms with E-state index in [9.17, 15) is 8.42 Å². The Balaban J connectivity index is 2.90. The minimum Gasteiger partial charge on any atom is -0.392 e. The Hall–Kier alpha value is -1.33. The van der Waals surface area contributed by atoms with E-state index in [1.807, 2.05) is 6.92 Å². The molecule has 2 N–H and O–H groups in total. The Kier molecular flexibility index (Phi) is 4.72. The number of aliphatic hydroxyl groups excluding tert-OH is 1. The smallest absolute Gasteiger partial charge is 0.233 e. The fourth-order valence-corrected chi connectivity index (χ4v) is 2.47. The molecule has 0 bridgehead atoms. The Morgan fingerprint density at radius 3 is 2.76 bits per heavy atom. The molecule has 0 aliphatic carbocycles. The lowest BCUT2D eigenvalue weighted by Crippen LogP contribution is -2.17. The van der Waals surface area contributed by atoms with Gasteiger partial charge in [-0.1, -0.05) is 18.2 Å². The third-order valence-corrected chi connectivity index (χ3v) is 3.64. The average Bonchev–Trinajstić information content (AvgIpc) is 2.29. The molecule has 17 heavy (non-hydrogen) atoms. The number of benzene rings is 1. The van der Waals surface area contributed by atoms with Gasteiger partial charge in [-0.25, -0.2) is 8.42 Å². The fraction of sp³-hybridized carbons (Fsp3) is 0.333. The highest BCUT2D eigenvalue weighted by molar-refractivity contribution is 7.92. The van der Waals surface area contributed by atoms with Crippen molar-refractivity contribution < 1.29 is 13.5 Å². The van der Waals surface area contributed by atoms with Crippen LogP contribution in [0.2, 0.25) is 0 Å². The van der Waals surface area contributed by atoms with Crippen LogP contribution in [0.1, 0.15) is 17.5 Å². The van der Waals surface area contributed by atoms with Gasteiger partial charge in [0.15, 0.2) is 0 Å². The standard InChI is InChI=1S/C12H17NO3S/c1-3-4-7-17(15,16)13-12-8-11(9-14)6-5-10(12)2/h3,5-6,8,13-14H,1,4,7,9H2,2H3. The number of sulfonamides is 1. The second kappa shape index (κ2) is 5.84. The van der Waals surface area contributed by atoms with E-state index in [2.05, 4.69) is 11.3 Å². The summed E-state index contributed by atoms with van der Waals surface area (Å²) in [6.45, 7) is 5.19. The van der Waals surface area contributed by atoms with E-state index >= 15 is 0 Å². The van der Waals surface area contributed by atoms with Crippen molar-refractivity contribution in [1.82, 2.24) is 0 Å². The highest BCUT2D eigenvalue weighted by atomic mass is 32.2. The van der Waals surface area contributed by atoms with Gasteiger partial charge in [-0.05, 0) is 30.5 Å². The van der Waals surface area contributed by atoms with Crippen LogP contribution in [0, 0.1) is 6.92 Å². The number of hydrogen-bond acceptors (Lipinski definition) is 3. The van der Waals surface area contributed by atoms with Gasteiger partial charge in [0, 0.05) is 0 Å². The summed E-state index contributed by atoms with van der Waals surface area (Å²) in [6.07, 6.45) is 1.98. The summed E-state index contributed by atoms with van der Waals surface area (Å²) in [5.41, 5.74) is 2.02. The van der Waals surface area contributed by atoms with Gasteiger partial charge < -0.3 is 5.11 Å². The van der Waals surface area contributed by atoms with Crippen LogP contribution in [0.3, 0.4) is 0 Å². The second-order valence-electron chi connectivity index (χ2n) is 3.81. The lowest BCUT2D eigenvalue weighted by atomic mass is 10.1. The van der Waals surface area contributed by atoms with Gasteiger partial charge in [0.25, 0.3) is 0 Å². The maximum atomic E-state index is 11.7. The van der Waals surface area contributed by atoms with Crippen LogP contribution in [0.4, 0.5) is 5.69 Å². The predicted molar refractivity (Wildman–Crippen MR) is 69.3 cm³/mol. The third kappa shape index (κ3) is 4.20. The van der Waals surface area contributed by atoms with Gasteiger partial charge in [-0.2, -0.15) is 0 Å². The van der Waals surface area contributed by atoms with Gasteiger partial charge in [0.1, 0.15) is 0 Å². The lowest BCUT2D eigenvalue weighted by molar-refractivity contribution is 0.282. The van der Waals surface area contributed by atoms with Gasteiger partial charge >= 0.3 is 0 Å². The Morgan fingerprint density at radius 2 is 2.18 bits per heavy atom. The molecule has 94 valence electrons. The largest absolute Gasteiger partial charge is 0.392 e. The van der Waals surface area contributed by atoms with Crippen LogP contribution in [0.15, 0.2) is 30.9 Å². The maximum Gasteiger partial charge on any atom is 0.233 e. The zero-order valence-corrected chi connectivity index (χ0v) is 10.6. The number of rotatable bonds is 6. The highest BCUT2D eigenvalue weighted by Crippen LogP contribution is 2.18. The molecule has 0 atom stereocenters. The zero-order chi connectivity index (χ0) is 12.9. The Morgan fingerprint density at radius 1 is 1.47 bits per heavy atom. The first kappa shape index (κ1) is 13.7. The minimum atomic E-state index is -3.35. The summed E-state index contributed by atoms with van der Waals surface area (Å²) in [7, 11) is -3.35. The average molecular weight is 255 g/mol. The topological polar surface area (TPSA) is 66.4 Å². The van der Waals surface area contributed by atoms with Gasteiger partial charge in [0.05, 0.1) is 18.0 Å². The lowest BCUT2D eigenvalue weighted by Gasteiger charge is -2.11. The monoisotopic (exact) mass is 255 g/mol. The summed E-state index contributed by atoms with van der Waals surface area (Å²) in [5, 5.41) is 9.00. The molecule has 0 heterocycles. The summed E-state index contributed by atoms with van der Waals surface area (Å²) in [6, 6.07) is 5.18. The molecule has 0 unspecified atom stereocenters. The molecule has 1 aromatic carbocycles. The highest BCUT2D eigenvalue weighted by Gasteiger charge is 2.11. The minimum absolute atomic E-state index is 0.0132. The van der Waals surface area contributed by atoms with Crippen LogP contribution >= 0.6 is 0 Å². The number of nitrogens with one attached hydrogen (secondary N) is 1. The molecule has 0 fully saturated rings. The van der Waals surface area contributed by atoms with E-state index < -0.39 is 10.0 Å². The number of aliphatic hydroxyl groups is 1. The first-order valence-corrected chi connectivity index (χ1v) is 6.95. The molecule has 0 aliphatic heterocycles. The Labute approximate surface area is 102 Å². The van der Waals surface area contributed by atoms with Gasteiger partial charge in [-0.3, -0.25) is 4.72 Å². The quantitative estimate of drug-likeness (QED) is 0.762. The van der Waals surface area contributed by atoms with Crippen LogP contribution < -0.4 is 4.72 Å². The van der Waals surface area contributed by atoms with Crippen molar-refractivity contribution in [2.75, 3.05) is 10.5 Å². The number of anilines is 1. The molecule has 0 amide bonds. The van der Waals surface area contributed by atoms with Crippen LogP contribution in [0.5, 0.6) is 0 Å². The molecule has 0 aromatic heterocycles. The normalized spacial score (nSPS) is 11.2. The Bertz CT molecular complexity index is 494. The molecule has 0 saturated carbocycles. The van der Waals surface area contributed by atoms with E-state index in [-0.39, 0.29) is 12.4 Å². The third-order valence-electron chi connectivity index (χ3n) is 2.34. The first-order chi connectivity index (χ1) is 7.98. The second-order valence-corrected chi connectivity index (χ2v) is 5.65. The van der Waals surface area contributed by atoms with Crippen LogP contribution in [-0.2, 0) is 16.6 Å². The number of aryl methyl sites for hydroxylation is 1. The van der Waals surface area contributed by atoms with Crippen molar-refractivity contribution in [2.24, 2.45) is 0 Å². The van der Waals surface area contributed by atoms with E-state index in [4.69, 9.17) is 5.11 Å². The van der Waals surface area contributed by atoms with E-state index in [0.29, 0.717) is 17.7 Å². The fourth-order valence-electron chi connectivity index (χ4n) is 1.33. The molecular formula is C12H17NO3S. The number of hydrogen-bond donors (Lipinski definition) is 2. The molecule has 0 spiro atoms. The van der Waals surface area contributed by atoms with Crippen molar-refractivity contribution in [2.45, 2.75) is 20.0 Å². The zero-order valence-electron chi connectivity index (χ0n) is 9.81. The summed E-state index contributed by atoms with van der Waals surface area (Å²) in [4.78, 5) is 0. The van der Waals surface area contributed by atoms with Crippen LogP contribution in [-0.4, -0.2) is 19.3 Å². The van der Waals surface area contributed by atoms with Crippen molar-refractivity contribution in [3.63, 3.8) is 0 Å². The molecule has 4 nitrogen and oxygen atoms in total. The predicted octanol–water partition coefficient (Wildman–Crippen LogP) is 1.81. The van der Waals surface area contributed by atoms with E-state index in [1.165, 1.54) is 0 Å². The van der Waals surface area contributed by atoms with E-state index in [0.717, 1.165) is 5.56 Å². The maximum absolute atomic E-state index is 11.7. The van der Waals surface area contributed by atoms with E-state index in [1.54, 1.807) is 24.3 Å². The number of allylic oxidation sites excluding steroid dienone is 1. The van der Waals surface area contributed by atoms with Crippen LogP contribution in [0.25, 0.3) is 0 Å². The SMILES string of the molecule is C=CCCS(=O)(=O)Nc1cc(CO)ccc1C. The summed E-state index contributed by atoms with van der Waals surface area (Å²) >= 11 is 0. The van der Waals surface area contributed by atoms with Gasteiger partial charge in [0.2, 0.25) is 10.0 Å². The van der Waals surface area contributed by atoms with Crippen molar-refractivity contribution >= 4 is 15.7 Å². The van der Waals surface area contributed by atoms with Crippen molar-refractivity contribution in [1.29, 1.82) is 0 Å². The van der Waals surface area contributed by atoms with Crippen molar-refractivity contribution in [3.8, 4) is 0 Å². The van der Waals surface area contributed by atoms with Gasteiger partial charge in [-0.15, -0.1) is 6.58 Å². The molecular weight excluding hydrogens is 238 g/mol. The van der Waals surface area contributed by atoms with Crippen molar-refractivity contribution in [3.05, 3.63) is 42.0 Å². The summed E-state index contributed by atoms with van der Waals surface area (Å²) in [5.74, 6) is 0.0132. The molecule has 0 radical (unpaired) electrons.